The van der Waals surface area contributed by atoms with Crippen molar-refractivity contribution >= 4 is 33.5 Å². The maximum absolute atomic E-state index is 13.7. The lowest BCUT2D eigenvalue weighted by Gasteiger charge is -2.20. The molecule has 0 aliphatic heterocycles. The van der Waals surface area contributed by atoms with Crippen LogP contribution in [0.25, 0.3) is 31.9 Å². The van der Waals surface area contributed by atoms with Crippen LogP contribution in [0.15, 0.2) is 83.9 Å². The largest absolute Gasteiger partial charge is 0.507 e. The molecule has 4 nitrogen and oxygen atoms in total. The lowest BCUT2D eigenvalue weighted by Crippen LogP contribution is -2.11. The summed E-state index contributed by atoms with van der Waals surface area (Å²) < 4.78 is 14.7. The van der Waals surface area contributed by atoms with E-state index in [-0.39, 0.29) is 11.2 Å². The number of aliphatic imine (C=N–C) groups is 1. The van der Waals surface area contributed by atoms with Gasteiger partial charge in [0, 0.05) is 22.9 Å². The van der Waals surface area contributed by atoms with E-state index >= 15 is 0 Å². The average Bonchev–Trinajstić information content (AvgIpc) is 3.32. The molecule has 0 spiro atoms. The third-order valence-electron chi connectivity index (χ3n) is 6.15. The van der Waals surface area contributed by atoms with Gasteiger partial charge in [-0.1, -0.05) is 45.0 Å². The van der Waals surface area contributed by atoms with Gasteiger partial charge in [0.05, 0.1) is 27.5 Å². The van der Waals surface area contributed by atoms with Crippen molar-refractivity contribution in [3.8, 4) is 33.5 Å². The van der Waals surface area contributed by atoms with Crippen molar-refractivity contribution in [1.82, 2.24) is 4.98 Å². The Bertz CT molecular complexity index is 1690. The van der Waals surface area contributed by atoms with Crippen molar-refractivity contribution in [2.24, 2.45) is 4.99 Å². The Morgan fingerprint density at radius 3 is 2.46 bits per heavy atom. The summed E-state index contributed by atoms with van der Waals surface area (Å²) in [6, 6.07) is 25.5. The number of phenolic OH excluding ortho intramolecular Hbond substituents is 1. The van der Waals surface area contributed by atoms with Gasteiger partial charge in [0.1, 0.15) is 16.6 Å². The molecule has 0 unspecified atom stereocenters. The Morgan fingerprint density at radius 2 is 1.73 bits per heavy atom. The molecule has 6 heteroatoms. The van der Waals surface area contributed by atoms with Crippen LogP contribution in [-0.4, -0.2) is 16.3 Å². The van der Waals surface area contributed by atoms with Gasteiger partial charge in [0.25, 0.3) is 0 Å². The van der Waals surface area contributed by atoms with E-state index in [9.17, 15) is 14.8 Å². The smallest absolute Gasteiger partial charge is 0.126 e. The standard InChI is InChI=1S/C31H24FN3OS/c1-31(2,3)22-15-25(20-10-8-19(17-33)9-11-20)29-28(16-22)37-30(35-29)24-6-4-5-7-26(24)34-18-21-14-23(32)12-13-27(21)36/h4-16,18,36H,1-3H3. The summed E-state index contributed by atoms with van der Waals surface area (Å²) >= 11 is 1.59. The molecule has 1 heterocycles. The van der Waals surface area contributed by atoms with E-state index in [1.54, 1.807) is 11.3 Å². The van der Waals surface area contributed by atoms with Crippen LogP contribution in [0.4, 0.5) is 10.1 Å². The maximum Gasteiger partial charge on any atom is 0.126 e. The molecule has 5 aromatic rings. The van der Waals surface area contributed by atoms with Crippen molar-refractivity contribution in [3.05, 3.63) is 101 Å². The minimum Gasteiger partial charge on any atom is -0.507 e. The van der Waals surface area contributed by atoms with Crippen molar-refractivity contribution in [1.29, 1.82) is 5.26 Å². The number of hydrogen-bond acceptors (Lipinski definition) is 5. The van der Waals surface area contributed by atoms with Gasteiger partial charge in [0.15, 0.2) is 0 Å². The number of fused-ring (bicyclic) bond motifs is 1. The third kappa shape index (κ3) is 5.00. The van der Waals surface area contributed by atoms with E-state index in [4.69, 9.17) is 4.98 Å². The van der Waals surface area contributed by atoms with Gasteiger partial charge < -0.3 is 5.11 Å². The van der Waals surface area contributed by atoms with Gasteiger partial charge in [-0.3, -0.25) is 4.99 Å². The summed E-state index contributed by atoms with van der Waals surface area (Å²) in [6.45, 7) is 6.56. The minimum absolute atomic E-state index is 0.0376. The zero-order chi connectivity index (χ0) is 26.2. The number of hydrogen-bond donors (Lipinski definition) is 1. The van der Waals surface area contributed by atoms with Gasteiger partial charge in [-0.05, 0) is 71.1 Å². The summed E-state index contributed by atoms with van der Waals surface area (Å²) in [5.41, 5.74) is 6.47. The first kappa shape index (κ1) is 24.4. The molecule has 37 heavy (non-hydrogen) atoms. The molecular formula is C31H24FN3OS. The molecule has 1 aromatic heterocycles. The molecule has 182 valence electrons. The van der Waals surface area contributed by atoms with Gasteiger partial charge >= 0.3 is 0 Å². The molecule has 0 atom stereocenters. The number of thiazole rings is 1. The summed E-state index contributed by atoms with van der Waals surface area (Å²) in [7, 11) is 0. The van der Waals surface area contributed by atoms with Crippen LogP contribution in [-0.2, 0) is 5.41 Å². The highest BCUT2D eigenvalue weighted by Crippen LogP contribution is 2.41. The molecule has 5 rings (SSSR count). The fraction of sp³-hybridized carbons (Fsp3) is 0.129. The normalized spacial score (nSPS) is 11.8. The Labute approximate surface area is 219 Å². The second-order valence-corrected chi connectivity index (χ2v) is 10.8. The quantitative estimate of drug-likeness (QED) is 0.249. The van der Waals surface area contributed by atoms with Crippen molar-refractivity contribution in [3.63, 3.8) is 0 Å². The molecule has 0 radical (unpaired) electrons. The number of aromatic nitrogens is 1. The van der Waals surface area contributed by atoms with Crippen LogP contribution in [0.5, 0.6) is 5.75 Å². The highest BCUT2D eigenvalue weighted by molar-refractivity contribution is 7.21. The number of benzene rings is 4. The molecule has 0 aliphatic rings. The van der Waals surface area contributed by atoms with Gasteiger partial charge in [-0.25, -0.2) is 9.37 Å². The van der Waals surface area contributed by atoms with E-state index in [1.165, 1.54) is 30.0 Å². The molecule has 0 fully saturated rings. The monoisotopic (exact) mass is 505 g/mol. The number of phenols is 1. The van der Waals surface area contributed by atoms with E-state index in [0.717, 1.165) is 31.9 Å². The second kappa shape index (κ2) is 9.61. The Kier molecular flexibility index (Phi) is 6.32. The molecule has 0 amide bonds. The van der Waals surface area contributed by atoms with Crippen LogP contribution < -0.4 is 0 Å². The number of para-hydroxylation sites is 1. The first-order valence-electron chi connectivity index (χ1n) is 11.8. The van der Waals surface area contributed by atoms with Crippen LogP contribution in [0.2, 0.25) is 0 Å². The summed E-state index contributed by atoms with van der Waals surface area (Å²) in [5, 5.41) is 20.1. The highest BCUT2D eigenvalue weighted by atomic mass is 32.1. The van der Waals surface area contributed by atoms with Crippen LogP contribution >= 0.6 is 11.3 Å². The van der Waals surface area contributed by atoms with Gasteiger partial charge in [-0.15, -0.1) is 11.3 Å². The van der Waals surface area contributed by atoms with Gasteiger partial charge in [0.2, 0.25) is 0 Å². The molecule has 0 bridgehead atoms. The predicted molar refractivity (Wildman–Crippen MR) is 149 cm³/mol. The fourth-order valence-corrected chi connectivity index (χ4v) is 5.12. The fourth-order valence-electron chi connectivity index (χ4n) is 4.06. The maximum atomic E-state index is 13.7. The number of aromatic hydroxyl groups is 1. The summed E-state index contributed by atoms with van der Waals surface area (Å²) in [5.74, 6) is -0.479. The minimum atomic E-state index is -0.441. The average molecular weight is 506 g/mol. The van der Waals surface area contributed by atoms with E-state index in [0.29, 0.717) is 16.8 Å². The molecule has 0 saturated heterocycles. The molecule has 0 saturated carbocycles. The molecular weight excluding hydrogens is 481 g/mol. The number of rotatable bonds is 4. The molecule has 1 N–H and O–H groups in total. The molecule has 4 aromatic carbocycles. The van der Waals surface area contributed by atoms with E-state index in [1.807, 2.05) is 48.5 Å². The highest BCUT2D eigenvalue weighted by Gasteiger charge is 2.20. The van der Waals surface area contributed by atoms with Crippen LogP contribution in [0, 0.1) is 17.1 Å². The lowest BCUT2D eigenvalue weighted by molar-refractivity contribution is 0.472. The molecule has 0 aliphatic carbocycles. The predicted octanol–water partition coefficient (Wildman–Crippen LogP) is 8.39. The van der Waals surface area contributed by atoms with Crippen molar-refractivity contribution in [2.45, 2.75) is 26.2 Å². The lowest BCUT2D eigenvalue weighted by atomic mass is 9.85. The SMILES string of the molecule is CC(C)(C)c1cc(-c2ccc(C#N)cc2)c2nc(-c3ccccc3N=Cc3cc(F)ccc3O)sc2c1. The first-order chi connectivity index (χ1) is 17.7. The zero-order valence-corrected chi connectivity index (χ0v) is 21.5. The van der Waals surface area contributed by atoms with E-state index in [2.05, 4.69) is 44.0 Å². The Morgan fingerprint density at radius 1 is 0.973 bits per heavy atom. The second-order valence-electron chi connectivity index (χ2n) is 9.81. The third-order valence-corrected chi connectivity index (χ3v) is 7.19. The summed E-state index contributed by atoms with van der Waals surface area (Å²) in [4.78, 5) is 9.61. The number of nitriles is 1. The Balaban J connectivity index is 1.65. The Hall–Kier alpha value is -4.34. The summed E-state index contributed by atoms with van der Waals surface area (Å²) in [6.07, 6.45) is 1.46. The number of halogens is 1. The topological polar surface area (TPSA) is 69.3 Å². The van der Waals surface area contributed by atoms with Crippen LogP contribution in [0.1, 0.15) is 37.5 Å². The van der Waals surface area contributed by atoms with Crippen LogP contribution in [0.3, 0.4) is 0 Å². The zero-order valence-electron chi connectivity index (χ0n) is 20.7. The van der Waals surface area contributed by atoms with Crippen molar-refractivity contribution in [2.75, 3.05) is 0 Å². The van der Waals surface area contributed by atoms with E-state index < -0.39 is 5.82 Å². The first-order valence-corrected chi connectivity index (χ1v) is 12.6. The number of nitrogens with zero attached hydrogens (tertiary/aromatic N) is 3. The van der Waals surface area contributed by atoms with Crippen molar-refractivity contribution < 1.29 is 9.50 Å². The van der Waals surface area contributed by atoms with Gasteiger partial charge in [-0.2, -0.15) is 5.26 Å².